The van der Waals surface area contributed by atoms with Gasteiger partial charge < -0.3 is 19.7 Å². The Hall–Kier alpha value is -2.38. The number of methoxy groups -OCH3 is 1. The molecule has 0 atom stereocenters. The molecule has 26 heavy (non-hydrogen) atoms. The molecular formula is C19H19BrN2O4. The predicted octanol–water partition coefficient (Wildman–Crippen LogP) is 3.32. The normalized spacial score (nSPS) is 14.0. The van der Waals surface area contributed by atoms with Crippen LogP contribution in [-0.2, 0) is 9.47 Å². The second kappa shape index (κ2) is 8.33. The van der Waals surface area contributed by atoms with E-state index >= 15 is 0 Å². The molecule has 0 aliphatic carbocycles. The second-order valence-electron chi connectivity index (χ2n) is 5.78. The van der Waals surface area contributed by atoms with Gasteiger partial charge in [-0.15, -0.1) is 0 Å². The zero-order valence-electron chi connectivity index (χ0n) is 14.3. The highest BCUT2D eigenvalue weighted by molar-refractivity contribution is 9.10. The summed E-state index contributed by atoms with van der Waals surface area (Å²) >= 11 is 3.36. The summed E-state index contributed by atoms with van der Waals surface area (Å²) in [5.41, 5.74) is 2.34. The molecule has 3 rings (SSSR count). The third kappa shape index (κ3) is 4.23. The minimum Gasteiger partial charge on any atom is -0.465 e. The fraction of sp³-hybridized carbons (Fsp3) is 0.263. The summed E-state index contributed by atoms with van der Waals surface area (Å²) in [5, 5.41) is 2.92. The van der Waals surface area contributed by atoms with Gasteiger partial charge in [-0.1, -0.05) is 15.9 Å². The summed E-state index contributed by atoms with van der Waals surface area (Å²) in [6, 6.07) is 12.3. The smallest absolute Gasteiger partial charge is 0.337 e. The highest BCUT2D eigenvalue weighted by Crippen LogP contribution is 2.29. The Bertz CT molecular complexity index is 802. The molecule has 1 N–H and O–H groups in total. The Morgan fingerprint density at radius 1 is 1.08 bits per heavy atom. The van der Waals surface area contributed by atoms with Gasteiger partial charge in [0.25, 0.3) is 5.91 Å². The number of ether oxygens (including phenoxy) is 2. The number of nitrogens with one attached hydrogen (secondary N) is 1. The van der Waals surface area contributed by atoms with E-state index in [9.17, 15) is 9.59 Å². The average molecular weight is 419 g/mol. The number of anilines is 2. The fourth-order valence-corrected chi connectivity index (χ4v) is 3.02. The molecule has 0 saturated carbocycles. The molecule has 6 nitrogen and oxygen atoms in total. The molecule has 1 aliphatic rings. The van der Waals surface area contributed by atoms with Gasteiger partial charge in [0.15, 0.2) is 0 Å². The van der Waals surface area contributed by atoms with Gasteiger partial charge in [0.2, 0.25) is 0 Å². The van der Waals surface area contributed by atoms with Crippen molar-refractivity contribution in [2.45, 2.75) is 0 Å². The summed E-state index contributed by atoms with van der Waals surface area (Å²) in [5.74, 6) is -0.688. The quantitative estimate of drug-likeness (QED) is 0.771. The first-order chi connectivity index (χ1) is 12.6. The number of benzene rings is 2. The van der Waals surface area contributed by atoms with E-state index < -0.39 is 5.97 Å². The molecular weight excluding hydrogens is 400 g/mol. The largest absolute Gasteiger partial charge is 0.465 e. The lowest BCUT2D eigenvalue weighted by molar-refractivity contribution is 0.0600. The molecule has 2 aromatic rings. The molecule has 1 saturated heterocycles. The number of amides is 1. The highest BCUT2D eigenvalue weighted by Gasteiger charge is 2.19. The number of esters is 1. The van der Waals surface area contributed by atoms with Crippen molar-refractivity contribution in [1.29, 1.82) is 0 Å². The molecule has 0 radical (unpaired) electrons. The topological polar surface area (TPSA) is 67.9 Å². The maximum Gasteiger partial charge on any atom is 0.337 e. The van der Waals surface area contributed by atoms with Gasteiger partial charge in [-0.25, -0.2) is 4.79 Å². The predicted molar refractivity (Wildman–Crippen MR) is 103 cm³/mol. The van der Waals surface area contributed by atoms with E-state index in [2.05, 4.69) is 26.1 Å². The van der Waals surface area contributed by atoms with Crippen LogP contribution in [0.25, 0.3) is 0 Å². The van der Waals surface area contributed by atoms with Crippen molar-refractivity contribution in [1.82, 2.24) is 0 Å². The van der Waals surface area contributed by atoms with Gasteiger partial charge in [0, 0.05) is 23.1 Å². The number of rotatable bonds is 4. The van der Waals surface area contributed by atoms with Crippen molar-refractivity contribution in [3.63, 3.8) is 0 Å². The van der Waals surface area contributed by atoms with Crippen LogP contribution in [0.15, 0.2) is 46.9 Å². The standard InChI is InChI=1S/C19H19BrN2O4/c1-25-19(24)14-4-7-17(22-8-10-26-11-9-22)16(12-14)21-18(23)13-2-5-15(20)6-3-13/h2-7,12H,8-11H2,1H3,(H,21,23). The lowest BCUT2D eigenvalue weighted by atomic mass is 10.1. The zero-order chi connectivity index (χ0) is 18.5. The van der Waals surface area contributed by atoms with Gasteiger partial charge in [-0.3, -0.25) is 4.79 Å². The summed E-state index contributed by atoms with van der Waals surface area (Å²) in [7, 11) is 1.33. The van der Waals surface area contributed by atoms with Gasteiger partial charge in [0.05, 0.1) is 37.3 Å². The molecule has 0 bridgehead atoms. The highest BCUT2D eigenvalue weighted by atomic mass is 79.9. The van der Waals surface area contributed by atoms with Crippen molar-refractivity contribution >= 4 is 39.2 Å². The Kier molecular flexibility index (Phi) is 5.90. The van der Waals surface area contributed by atoms with Crippen molar-refractivity contribution < 1.29 is 19.1 Å². The van der Waals surface area contributed by atoms with E-state index in [0.29, 0.717) is 30.0 Å². The van der Waals surface area contributed by atoms with Gasteiger partial charge in [-0.05, 0) is 42.5 Å². The van der Waals surface area contributed by atoms with Crippen LogP contribution in [0, 0.1) is 0 Å². The number of hydrogen-bond donors (Lipinski definition) is 1. The molecule has 7 heteroatoms. The van der Waals surface area contributed by atoms with E-state index in [-0.39, 0.29) is 5.91 Å². The molecule has 1 amide bonds. The second-order valence-corrected chi connectivity index (χ2v) is 6.70. The zero-order valence-corrected chi connectivity index (χ0v) is 15.9. The minimum absolute atomic E-state index is 0.242. The van der Waals surface area contributed by atoms with Crippen molar-refractivity contribution in [3.8, 4) is 0 Å². The molecule has 0 spiro atoms. The van der Waals surface area contributed by atoms with E-state index in [1.54, 1.807) is 24.3 Å². The van der Waals surface area contributed by atoms with Crippen LogP contribution in [0.2, 0.25) is 0 Å². The molecule has 136 valence electrons. The van der Waals surface area contributed by atoms with E-state index in [4.69, 9.17) is 9.47 Å². The van der Waals surface area contributed by atoms with Crippen LogP contribution in [0.3, 0.4) is 0 Å². The van der Waals surface area contributed by atoms with Crippen LogP contribution in [0.5, 0.6) is 0 Å². The third-order valence-corrected chi connectivity index (χ3v) is 4.65. The third-order valence-electron chi connectivity index (χ3n) is 4.12. The minimum atomic E-state index is -0.447. The van der Waals surface area contributed by atoms with E-state index in [1.165, 1.54) is 7.11 Å². The van der Waals surface area contributed by atoms with Crippen LogP contribution in [0.4, 0.5) is 11.4 Å². The van der Waals surface area contributed by atoms with E-state index in [1.807, 2.05) is 18.2 Å². The fourth-order valence-electron chi connectivity index (χ4n) is 2.76. The average Bonchev–Trinajstić information content (AvgIpc) is 2.68. The van der Waals surface area contributed by atoms with Crippen LogP contribution < -0.4 is 10.2 Å². The number of morpholine rings is 1. The lowest BCUT2D eigenvalue weighted by Gasteiger charge is -2.30. The van der Waals surface area contributed by atoms with Gasteiger partial charge >= 0.3 is 5.97 Å². The molecule has 1 aliphatic heterocycles. The summed E-state index contributed by atoms with van der Waals surface area (Å²) < 4.78 is 11.1. The Morgan fingerprint density at radius 3 is 2.38 bits per heavy atom. The lowest BCUT2D eigenvalue weighted by Crippen LogP contribution is -2.36. The summed E-state index contributed by atoms with van der Waals surface area (Å²) in [6.45, 7) is 2.69. The SMILES string of the molecule is COC(=O)c1ccc(N2CCOCC2)c(NC(=O)c2ccc(Br)cc2)c1. The van der Waals surface area contributed by atoms with Gasteiger partial charge in [-0.2, -0.15) is 0 Å². The summed E-state index contributed by atoms with van der Waals surface area (Å²) in [4.78, 5) is 26.6. The maximum atomic E-state index is 12.6. The van der Waals surface area contributed by atoms with Crippen LogP contribution in [-0.4, -0.2) is 45.3 Å². The molecule has 0 aromatic heterocycles. The van der Waals surface area contributed by atoms with Crippen molar-refractivity contribution in [2.75, 3.05) is 43.6 Å². The maximum absolute atomic E-state index is 12.6. The Morgan fingerprint density at radius 2 is 1.73 bits per heavy atom. The molecule has 1 heterocycles. The molecule has 2 aromatic carbocycles. The summed E-state index contributed by atoms with van der Waals surface area (Å²) in [6.07, 6.45) is 0. The first-order valence-electron chi connectivity index (χ1n) is 8.20. The number of carbonyl (C=O) groups excluding carboxylic acids is 2. The molecule has 1 fully saturated rings. The van der Waals surface area contributed by atoms with Crippen LogP contribution in [0.1, 0.15) is 20.7 Å². The van der Waals surface area contributed by atoms with Gasteiger partial charge in [0.1, 0.15) is 0 Å². The number of halogens is 1. The number of carbonyl (C=O) groups is 2. The monoisotopic (exact) mass is 418 g/mol. The number of nitrogens with zero attached hydrogens (tertiary/aromatic N) is 1. The van der Waals surface area contributed by atoms with E-state index in [0.717, 1.165) is 23.2 Å². The van der Waals surface area contributed by atoms with Crippen LogP contribution >= 0.6 is 15.9 Å². The number of hydrogen-bond acceptors (Lipinski definition) is 5. The first kappa shape index (κ1) is 18.4. The molecule has 0 unspecified atom stereocenters. The Labute approximate surface area is 160 Å². The van der Waals surface area contributed by atoms with Crippen molar-refractivity contribution in [2.24, 2.45) is 0 Å². The first-order valence-corrected chi connectivity index (χ1v) is 9.00. The van der Waals surface area contributed by atoms with Crippen molar-refractivity contribution in [3.05, 3.63) is 58.1 Å². The Balaban J connectivity index is 1.91.